The van der Waals surface area contributed by atoms with E-state index in [9.17, 15) is 0 Å². The molecule has 0 aromatic carbocycles. The van der Waals surface area contributed by atoms with Gasteiger partial charge in [0.15, 0.2) is 0 Å². The molecule has 0 aliphatic carbocycles. The lowest BCUT2D eigenvalue weighted by atomic mass is 11.7. The molecule has 0 atom stereocenters. The van der Waals surface area contributed by atoms with E-state index in [1.807, 2.05) is 0 Å². The maximum absolute atomic E-state index is 6.38. The van der Waals surface area contributed by atoms with Gasteiger partial charge in [0.2, 0.25) is 0 Å². The Balaban J connectivity index is 4.75. The van der Waals surface area contributed by atoms with Crippen molar-refractivity contribution in [3.8, 4) is 0 Å². The Kier molecular flexibility index (Phi) is 3.34. The molecule has 0 nitrogen and oxygen atoms in total. The largest absolute Gasteiger partial charge is 0.110 e. The summed E-state index contributed by atoms with van der Waals surface area (Å²) in [5.41, 5.74) is 0. The third-order valence-electron chi connectivity index (χ3n) is 1.88. The van der Waals surface area contributed by atoms with Crippen LogP contribution in [0.4, 0.5) is 0 Å². The number of hydrogen-bond donors (Lipinski definition) is 0. The maximum Gasteiger partial charge on any atom is 0.0971 e. The fourth-order valence-electron chi connectivity index (χ4n) is 1.12. The second-order valence-corrected chi connectivity index (χ2v) is 18.7. The summed E-state index contributed by atoms with van der Waals surface area (Å²) in [6.45, 7) is 13.4. The lowest BCUT2D eigenvalue weighted by molar-refractivity contribution is 1.36. The van der Waals surface area contributed by atoms with E-state index in [1.54, 1.807) is 0 Å². The summed E-state index contributed by atoms with van der Waals surface area (Å²) in [4.78, 5) is 0. The second kappa shape index (κ2) is 3.05. The monoisotopic (exact) mass is 228 g/mol. The molecule has 0 aliphatic rings. The van der Waals surface area contributed by atoms with Gasteiger partial charge in [-0.15, -0.1) is 23.2 Å². The lowest BCUT2D eigenvalue weighted by Gasteiger charge is -2.41. The molecule has 0 aromatic heterocycles. The van der Waals surface area contributed by atoms with Crippen LogP contribution < -0.4 is 0 Å². The molecular formula is C7H18Cl2Si2. The zero-order chi connectivity index (χ0) is 9.50. The first kappa shape index (κ1) is 12.0. The Morgan fingerprint density at radius 1 is 0.727 bits per heavy atom. The average Bonchev–Trinajstić information content (AvgIpc) is 1.58. The molecule has 0 bridgehead atoms. The Morgan fingerprint density at radius 2 is 0.909 bits per heavy atom. The quantitative estimate of drug-likeness (QED) is 0.497. The average molecular weight is 229 g/mol. The number of alkyl halides is 2. The van der Waals surface area contributed by atoms with E-state index in [2.05, 4.69) is 39.3 Å². The van der Waals surface area contributed by atoms with Gasteiger partial charge >= 0.3 is 0 Å². The minimum atomic E-state index is -1.43. The van der Waals surface area contributed by atoms with Crippen LogP contribution in [0.5, 0.6) is 0 Å². The van der Waals surface area contributed by atoms with Crippen molar-refractivity contribution in [2.24, 2.45) is 0 Å². The van der Waals surface area contributed by atoms with Crippen LogP contribution in [0.3, 0.4) is 0 Å². The molecule has 0 rings (SSSR count). The van der Waals surface area contributed by atoms with Crippen LogP contribution in [0.1, 0.15) is 0 Å². The van der Waals surface area contributed by atoms with Gasteiger partial charge in [-0.1, -0.05) is 39.3 Å². The molecule has 0 saturated carbocycles. The Bertz CT molecular complexity index is 126. The third kappa shape index (κ3) is 2.48. The van der Waals surface area contributed by atoms with Gasteiger partial charge in [-0.3, -0.25) is 0 Å². The topological polar surface area (TPSA) is 0 Å². The zero-order valence-corrected chi connectivity index (χ0v) is 11.8. The molecule has 0 amide bonds. The number of halogens is 2. The summed E-state index contributed by atoms with van der Waals surface area (Å²) in [5.74, 6) is 0. The highest BCUT2D eigenvalue weighted by Gasteiger charge is 2.49. The van der Waals surface area contributed by atoms with Gasteiger partial charge in [-0.2, -0.15) is 0 Å². The highest BCUT2D eigenvalue weighted by molar-refractivity contribution is 7.14. The molecule has 0 unspecified atom stereocenters. The standard InChI is InChI=1S/C7H18Cl2Si2/c1-10(2,3)7(8,9)11(4,5)6/h1-6H3. The predicted octanol–water partition coefficient (Wildman–Crippen LogP) is 3.92. The Labute approximate surface area is 82.3 Å². The second-order valence-electron chi connectivity index (χ2n) is 5.07. The summed E-state index contributed by atoms with van der Waals surface area (Å²) in [7, 11) is -2.86. The van der Waals surface area contributed by atoms with Crippen LogP contribution in [0.15, 0.2) is 0 Å². The van der Waals surface area contributed by atoms with Crippen molar-refractivity contribution < 1.29 is 0 Å². The normalized spacial score (nSPS) is 15.3. The van der Waals surface area contributed by atoms with E-state index in [4.69, 9.17) is 23.2 Å². The lowest BCUT2D eigenvalue weighted by Crippen LogP contribution is -2.58. The summed E-state index contributed by atoms with van der Waals surface area (Å²) in [6.07, 6.45) is 0. The summed E-state index contributed by atoms with van der Waals surface area (Å²) < 4.78 is -0.403. The van der Waals surface area contributed by atoms with Crippen molar-refractivity contribution in [2.45, 2.75) is 42.9 Å². The molecule has 0 radical (unpaired) electrons. The predicted molar refractivity (Wildman–Crippen MR) is 61.1 cm³/mol. The van der Waals surface area contributed by atoms with Crippen molar-refractivity contribution in [1.29, 1.82) is 0 Å². The fraction of sp³-hybridized carbons (Fsp3) is 1.00. The minimum absolute atomic E-state index is 0.403. The molecule has 0 N–H and O–H groups in total. The van der Waals surface area contributed by atoms with Crippen molar-refractivity contribution in [1.82, 2.24) is 0 Å². The third-order valence-corrected chi connectivity index (χ3v) is 17.0. The van der Waals surface area contributed by atoms with E-state index in [1.165, 1.54) is 0 Å². The van der Waals surface area contributed by atoms with Crippen LogP contribution in [-0.4, -0.2) is 19.7 Å². The first-order valence-corrected chi connectivity index (χ1v) is 11.6. The van der Waals surface area contributed by atoms with Crippen LogP contribution in [-0.2, 0) is 0 Å². The SMILES string of the molecule is C[Si](C)(C)C(Cl)(Cl)[Si](C)(C)C. The maximum atomic E-state index is 6.38. The van der Waals surface area contributed by atoms with Crippen LogP contribution >= 0.6 is 23.2 Å². The Morgan fingerprint density at radius 3 is 0.909 bits per heavy atom. The van der Waals surface area contributed by atoms with Crippen molar-refractivity contribution in [3.05, 3.63) is 0 Å². The summed E-state index contributed by atoms with van der Waals surface area (Å²) in [5, 5.41) is 0. The summed E-state index contributed by atoms with van der Waals surface area (Å²) in [6, 6.07) is 0. The van der Waals surface area contributed by atoms with Gasteiger partial charge in [-0.05, 0) is 0 Å². The minimum Gasteiger partial charge on any atom is -0.110 e. The molecule has 0 aliphatic heterocycles. The van der Waals surface area contributed by atoms with Gasteiger partial charge in [0.25, 0.3) is 0 Å². The van der Waals surface area contributed by atoms with Gasteiger partial charge in [-0.25, -0.2) is 0 Å². The molecule has 4 heteroatoms. The highest BCUT2D eigenvalue weighted by Crippen LogP contribution is 2.40. The van der Waals surface area contributed by atoms with E-state index in [0.717, 1.165) is 0 Å². The molecule has 0 aromatic rings. The van der Waals surface area contributed by atoms with Crippen molar-refractivity contribution in [2.75, 3.05) is 0 Å². The zero-order valence-electron chi connectivity index (χ0n) is 8.26. The van der Waals surface area contributed by atoms with Crippen LogP contribution in [0, 0.1) is 0 Å². The number of hydrogen-bond acceptors (Lipinski definition) is 0. The van der Waals surface area contributed by atoms with Crippen LogP contribution in [0.2, 0.25) is 39.3 Å². The Hall–Kier alpha value is 1.01. The van der Waals surface area contributed by atoms with E-state index < -0.39 is 19.7 Å². The van der Waals surface area contributed by atoms with Crippen molar-refractivity contribution in [3.63, 3.8) is 0 Å². The fourth-order valence-corrected chi connectivity index (χ4v) is 10.1. The first-order valence-electron chi connectivity index (χ1n) is 3.88. The smallest absolute Gasteiger partial charge is 0.0971 e. The summed E-state index contributed by atoms with van der Waals surface area (Å²) >= 11 is 12.8. The molecular weight excluding hydrogens is 211 g/mol. The van der Waals surface area contributed by atoms with Crippen molar-refractivity contribution >= 4 is 39.3 Å². The van der Waals surface area contributed by atoms with E-state index in [-0.39, 0.29) is 0 Å². The van der Waals surface area contributed by atoms with Gasteiger partial charge in [0.05, 0.1) is 19.7 Å². The molecule has 0 heterocycles. The molecule has 0 fully saturated rings. The van der Waals surface area contributed by atoms with Crippen LogP contribution in [0.25, 0.3) is 0 Å². The van der Waals surface area contributed by atoms with E-state index in [0.29, 0.717) is 0 Å². The number of rotatable bonds is 2. The van der Waals surface area contributed by atoms with Gasteiger partial charge in [0, 0.05) is 0 Å². The van der Waals surface area contributed by atoms with Gasteiger partial charge in [0.1, 0.15) is 0 Å². The first-order chi connectivity index (χ1) is 4.50. The van der Waals surface area contributed by atoms with Gasteiger partial charge < -0.3 is 0 Å². The van der Waals surface area contributed by atoms with E-state index >= 15 is 0 Å². The molecule has 0 spiro atoms. The molecule has 68 valence electrons. The molecule has 11 heavy (non-hydrogen) atoms. The highest BCUT2D eigenvalue weighted by atomic mass is 35.5. The molecule has 0 saturated heterocycles.